The van der Waals surface area contributed by atoms with Gasteiger partial charge in [0.1, 0.15) is 12.6 Å². The zero-order chi connectivity index (χ0) is 54.9. The summed E-state index contributed by atoms with van der Waals surface area (Å²) < 4.78 is 53.9. The maximum atomic E-state index is 13.5. The Labute approximate surface area is 440 Å². The molecule has 0 unspecified atom stereocenters. The Morgan fingerprint density at radius 1 is 0.733 bits per heavy atom. The zero-order valence-corrected chi connectivity index (χ0v) is 43.5. The third-order valence-electron chi connectivity index (χ3n) is 10.4. The Morgan fingerprint density at radius 3 is 1.83 bits per heavy atom. The number of hydrogen-bond acceptors (Lipinski definition) is 20. The van der Waals surface area contributed by atoms with Gasteiger partial charge in [-0.2, -0.15) is 0 Å². The van der Waals surface area contributed by atoms with Gasteiger partial charge < -0.3 is 90.0 Å². The van der Waals surface area contributed by atoms with Gasteiger partial charge >= 0.3 is 12.1 Å². The van der Waals surface area contributed by atoms with E-state index in [1.165, 1.54) is 23.2 Å². The van der Waals surface area contributed by atoms with Gasteiger partial charge in [-0.15, -0.1) is 0 Å². The summed E-state index contributed by atoms with van der Waals surface area (Å²) in [5, 5.41) is 11.6. The van der Waals surface area contributed by atoms with Crippen LogP contribution >= 0.6 is 0 Å². The van der Waals surface area contributed by atoms with Crippen LogP contribution in [-0.4, -0.2) is 230 Å². The predicted molar refractivity (Wildman–Crippen MR) is 271 cm³/mol. The predicted octanol–water partition coefficient (Wildman–Crippen LogP) is -1.79. The number of imide groups is 1. The van der Waals surface area contributed by atoms with Crippen LogP contribution in [-0.2, 0) is 84.2 Å². The van der Waals surface area contributed by atoms with Crippen molar-refractivity contribution in [2.75, 3.05) is 165 Å². The molecule has 8 amide bonds. The minimum Gasteiger partial charge on any atom is -0.443 e. The molecule has 10 N–H and O–H groups in total. The van der Waals surface area contributed by atoms with Crippen molar-refractivity contribution in [3.63, 3.8) is 0 Å². The number of ether oxygens (including phenoxy) is 10. The van der Waals surface area contributed by atoms with E-state index in [2.05, 4.69) is 21.3 Å². The van der Waals surface area contributed by atoms with E-state index in [4.69, 9.17) is 72.5 Å². The molecule has 1 aliphatic rings. The number of hydrazine groups is 1. The highest BCUT2D eigenvalue weighted by Crippen LogP contribution is 2.19. The zero-order valence-electron chi connectivity index (χ0n) is 43.5. The van der Waals surface area contributed by atoms with E-state index in [9.17, 15) is 33.6 Å². The summed E-state index contributed by atoms with van der Waals surface area (Å²) in [5.74, 6) is 3.73. The van der Waals surface area contributed by atoms with Gasteiger partial charge in [-0.3, -0.25) is 28.9 Å². The molecule has 0 saturated carbocycles. The lowest BCUT2D eigenvalue weighted by Crippen LogP contribution is -2.47. The molecule has 1 saturated heterocycles. The Morgan fingerprint density at radius 2 is 1.28 bits per heavy atom. The van der Waals surface area contributed by atoms with E-state index in [0.717, 1.165) is 4.90 Å². The second-order valence-corrected chi connectivity index (χ2v) is 16.4. The highest BCUT2D eigenvalue weighted by Gasteiger charge is 2.28. The highest BCUT2D eigenvalue weighted by molar-refractivity contribution is 6.08. The molecule has 1 atom stereocenters. The largest absolute Gasteiger partial charge is 0.443 e. The van der Waals surface area contributed by atoms with E-state index >= 15 is 0 Å². The summed E-state index contributed by atoms with van der Waals surface area (Å²) in [5.41, 5.74) is 13.0. The van der Waals surface area contributed by atoms with E-state index in [1.807, 2.05) is 0 Å². The van der Waals surface area contributed by atoms with Gasteiger partial charge in [-0.05, 0) is 30.5 Å². The molecule has 1 heterocycles. The summed E-state index contributed by atoms with van der Waals surface area (Å²) in [7, 11) is 9.13. The monoisotopic (exact) mass is 1070 g/mol. The quantitative estimate of drug-likeness (QED) is 0.0125. The van der Waals surface area contributed by atoms with Crippen LogP contribution in [0.4, 0.5) is 15.3 Å². The molecule has 0 aliphatic carbocycles. The molecular weight excluding hydrogens is 987 g/mol. The van der Waals surface area contributed by atoms with Gasteiger partial charge in [0.05, 0.1) is 145 Å². The van der Waals surface area contributed by atoms with Crippen molar-refractivity contribution in [3.8, 4) is 0 Å². The van der Waals surface area contributed by atoms with Crippen LogP contribution in [0.1, 0.15) is 43.2 Å². The Kier molecular flexibility index (Phi) is 36.2. The standard InChI is InChI=1S/C47H79BN10O17/c1-56(47(65)75-35-38(49)34-57(51)11-14-68-18-19-70-22-23-72-26-27-74-29-28-73-25-24-71-21-20-69-17-16-66-2)33-37-30-39(6-5-36(37)31-48)54-45(63)40(4-3-10-52-46(50)64)55-42(60)32-53-41(59)9-13-67-15-12-58-43(61)7-8-44(58)62/h5-6,30,34,40H,3-4,7-29,31-33,35,49,51H2,1-2H3,(H,53,59)(H,54,63)(H,55,60)(H3,50,52,64)/b38-34-/t40-/m0/s1. The van der Waals surface area contributed by atoms with Gasteiger partial charge in [0.25, 0.3) is 0 Å². The average Bonchev–Trinajstić information content (AvgIpc) is 3.70. The van der Waals surface area contributed by atoms with Crippen LogP contribution in [0, 0.1) is 0 Å². The van der Waals surface area contributed by atoms with E-state index in [-0.39, 0.29) is 102 Å². The molecule has 2 radical (unpaired) electrons. The van der Waals surface area contributed by atoms with Gasteiger partial charge in [-0.25, -0.2) is 15.4 Å². The number of nitrogens with zero attached hydrogens (tertiary/aromatic N) is 3. The second-order valence-electron chi connectivity index (χ2n) is 16.4. The summed E-state index contributed by atoms with van der Waals surface area (Å²) in [6, 6.07) is 3.08. The number of benzene rings is 1. The van der Waals surface area contributed by atoms with E-state index < -0.39 is 42.4 Å². The number of nitrogens with two attached hydrogens (primary N) is 3. The van der Waals surface area contributed by atoms with Crippen LogP contribution in [0.3, 0.4) is 0 Å². The molecule has 1 aromatic rings. The number of methoxy groups -OCH3 is 1. The molecule has 1 fully saturated rings. The first kappa shape index (κ1) is 65.4. The molecule has 0 aromatic heterocycles. The maximum Gasteiger partial charge on any atom is 0.410 e. The number of urea groups is 1. The van der Waals surface area contributed by atoms with Gasteiger partial charge in [0.2, 0.25) is 29.5 Å². The summed E-state index contributed by atoms with van der Waals surface area (Å²) in [6.45, 7) is 6.58. The number of amides is 8. The smallest absolute Gasteiger partial charge is 0.410 e. The van der Waals surface area contributed by atoms with Crippen LogP contribution < -0.4 is 38.6 Å². The minimum atomic E-state index is -1.10. The third kappa shape index (κ3) is 32.4. The number of carbonyl (C=O) groups is 7. The molecule has 2 rings (SSSR count). The van der Waals surface area contributed by atoms with Crippen LogP contribution in [0.25, 0.3) is 0 Å². The van der Waals surface area contributed by atoms with Crippen molar-refractivity contribution in [1.29, 1.82) is 0 Å². The first-order valence-electron chi connectivity index (χ1n) is 24.8. The molecular formula is C47H79BN10O17. The first-order valence-corrected chi connectivity index (χ1v) is 24.8. The van der Waals surface area contributed by atoms with Crippen molar-refractivity contribution in [1.82, 2.24) is 30.8 Å². The summed E-state index contributed by atoms with van der Waals surface area (Å²) in [4.78, 5) is 88.8. The molecule has 0 bridgehead atoms. The van der Waals surface area contributed by atoms with Gasteiger partial charge in [0.15, 0.2) is 0 Å². The molecule has 27 nitrogen and oxygen atoms in total. The SMILES string of the molecule is [B]Cc1ccc(NC(=O)[C@H](CCCNC(N)=O)NC(=O)CNC(=O)CCOCCN2C(=O)CCC2=O)cc1CN(C)C(=O)OC/C(N)=C/N(N)CCOCCOCCOCCOCCOCCOCCOCCOC. The Bertz CT molecular complexity index is 1860. The number of anilines is 1. The summed E-state index contributed by atoms with van der Waals surface area (Å²) >= 11 is 0. The molecule has 422 valence electrons. The topological polar surface area (TPSA) is 348 Å². The fourth-order valence-corrected chi connectivity index (χ4v) is 6.50. The Hall–Kier alpha value is -5.69. The van der Waals surface area contributed by atoms with Crippen molar-refractivity contribution < 1.29 is 80.9 Å². The molecule has 1 aromatic carbocycles. The Balaban J connectivity index is 1.66. The van der Waals surface area contributed by atoms with Crippen molar-refractivity contribution in [3.05, 3.63) is 41.2 Å². The average molecular weight is 1070 g/mol. The lowest BCUT2D eigenvalue weighted by Gasteiger charge is -2.21. The number of carbonyl (C=O) groups excluding carboxylic acids is 7. The van der Waals surface area contributed by atoms with Crippen LogP contribution in [0.2, 0.25) is 0 Å². The first-order chi connectivity index (χ1) is 36.2. The number of likely N-dealkylation sites (tertiary alicyclic amines) is 1. The highest BCUT2D eigenvalue weighted by atomic mass is 16.6. The fraction of sp³-hybridized carbons (Fsp3) is 0.681. The van der Waals surface area contributed by atoms with Gasteiger partial charge in [0, 0.05) is 58.4 Å². The van der Waals surface area contributed by atoms with Gasteiger partial charge in [-0.1, -0.05) is 17.9 Å². The number of primary amides is 1. The molecule has 1 aliphatic heterocycles. The van der Waals surface area contributed by atoms with Crippen LogP contribution in [0.15, 0.2) is 30.1 Å². The second kappa shape index (κ2) is 41.5. The number of nitrogens with one attached hydrogen (secondary N) is 4. The van der Waals surface area contributed by atoms with Crippen LogP contribution in [0.5, 0.6) is 0 Å². The maximum absolute atomic E-state index is 13.5. The number of rotatable bonds is 45. The van der Waals surface area contributed by atoms with Crippen molar-refractivity contribution in [2.24, 2.45) is 17.3 Å². The minimum absolute atomic E-state index is 0.0124. The fourth-order valence-electron chi connectivity index (χ4n) is 6.50. The van der Waals surface area contributed by atoms with Crippen molar-refractivity contribution >= 4 is 55.2 Å². The lowest BCUT2D eigenvalue weighted by molar-refractivity contribution is -0.139. The summed E-state index contributed by atoms with van der Waals surface area (Å²) in [6.07, 6.45) is 1.43. The lowest BCUT2D eigenvalue weighted by atomic mass is 9.92. The number of hydrogen-bond donors (Lipinski definition) is 7. The van der Waals surface area contributed by atoms with E-state index in [0.29, 0.717) is 116 Å². The molecule has 75 heavy (non-hydrogen) atoms. The molecule has 0 spiro atoms. The van der Waals surface area contributed by atoms with Crippen molar-refractivity contribution in [2.45, 2.75) is 51.0 Å². The molecule has 28 heteroatoms. The normalized spacial score (nSPS) is 12.9. The van der Waals surface area contributed by atoms with E-state index in [1.54, 1.807) is 25.3 Å². The third-order valence-corrected chi connectivity index (χ3v) is 10.4.